The molecule has 0 atom stereocenters. The molecule has 0 saturated carbocycles. The van der Waals surface area contributed by atoms with Gasteiger partial charge in [-0.15, -0.1) is 34.0 Å². The van der Waals surface area contributed by atoms with Gasteiger partial charge in [0, 0.05) is 21.8 Å². The molecular formula is C12H9PS3. The largest absolute Gasteiger partial charge is 0.143 e. The Morgan fingerprint density at radius 1 is 0.625 bits per heavy atom. The summed E-state index contributed by atoms with van der Waals surface area (Å²) in [7, 11) is -0.279. The predicted molar refractivity (Wildman–Crippen MR) is 78.8 cm³/mol. The number of hydrogen-bond donors (Lipinski definition) is 0. The molecule has 0 aliphatic heterocycles. The normalized spacial score (nSPS) is 11.1. The van der Waals surface area contributed by atoms with Gasteiger partial charge < -0.3 is 0 Å². The Kier molecular flexibility index (Phi) is 3.20. The number of rotatable bonds is 3. The fourth-order valence-corrected chi connectivity index (χ4v) is 8.34. The minimum Gasteiger partial charge on any atom is -0.143 e. The third-order valence-corrected chi connectivity index (χ3v) is 8.55. The molecule has 0 nitrogen and oxygen atoms in total. The van der Waals surface area contributed by atoms with Gasteiger partial charge in [0.05, 0.1) is 0 Å². The topological polar surface area (TPSA) is 0 Å². The van der Waals surface area contributed by atoms with Crippen LogP contribution in [0.4, 0.5) is 0 Å². The van der Waals surface area contributed by atoms with E-state index in [1.165, 1.54) is 13.9 Å². The Labute approximate surface area is 108 Å². The summed E-state index contributed by atoms with van der Waals surface area (Å²) < 4.78 is 4.50. The molecule has 0 aliphatic carbocycles. The Balaban J connectivity index is 2.09. The highest BCUT2D eigenvalue weighted by Crippen LogP contribution is 2.37. The van der Waals surface area contributed by atoms with Gasteiger partial charge in [0.1, 0.15) is 0 Å². The fraction of sp³-hybridized carbons (Fsp3) is 0. The molecule has 3 rings (SSSR count). The lowest BCUT2D eigenvalue weighted by Gasteiger charge is -2.11. The van der Waals surface area contributed by atoms with Crippen molar-refractivity contribution < 1.29 is 0 Å². The maximum atomic E-state index is 2.26. The second kappa shape index (κ2) is 4.80. The third kappa shape index (κ3) is 2.01. The maximum absolute atomic E-state index is 2.26. The summed E-state index contributed by atoms with van der Waals surface area (Å²) in [5, 5.41) is 6.52. The third-order valence-electron chi connectivity index (χ3n) is 2.18. The van der Waals surface area contributed by atoms with E-state index in [0.717, 1.165) is 0 Å². The van der Waals surface area contributed by atoms with Crippen LogP contribution in [0.2, 0.25) is 0 Å². The molecule has 0 amide bonds. The van der Waals surface area contributed by atoms with Crippen molar-refractivity contribution in [3.63, 3.8) is 0 Å². The summed E-state index contributed by atoms with van der Waals surface area (Å²) >= 11 is 5.61. The lowest BCUT2D eigenvalue weighted by molar-refractivity contribution is 2.04. The quantitative estimate of drug-likeness (QED) is 0.643. The average molecular weight is 280 g/mol. The summed E-state index contributed by atoms with van der Waals surface area (Å²) in [5.41, 5.74) is 0. The molecule has 0 bridgehead atoms. The molecule has 0 saturated heterocycles. The van der Waals surface area contributed by atoms with E-state index in [1.54, 1.807) is 0 Å². The molecule has 4 heteroatoms. The molecule has 0 aliphatic rings. The molecule has 0 radical (unpaired) electrons. The van der Waals surface area contributed by atoms with Crippen molar-refractivity contribution in [2.24, 2.45) is 0 Å². The molecule has 0 unspecified atom stereocenters. The molecule has 0 spiro atoms. The van der Waals surface area contributed by atoms with Crippen molar-refractivity contribution in [1.82, 2.24) is 0 Å². The van der Waals surface area contributed by atoms with Gasteiger partial charge in [0.15, 0.2) is 0 Å². The van der Waals surface area contributed by atoms with Gasteiger partial charge in [-0.25, -0.2) is 0 Å². The van der Waals surface area contributed by atoms with Crippen LogP contribution in [0.25, 0.3) is 0 Å². The van der Waals surface area contributed by atoms with E-state index in [-0.39, 0.29) is 7.92 Å². The van der Waals surface area contributed by atoms with Gasteiger partial charge in [-0.05, 0) is 34.3 Å². The zero-order chi connectivity index (χ0) is 10.8. The minimum atomic E-state index is -0.279. The van der Waals surface area contributed by atoms with Crippen molar-refractivity contribution in [1.29, 1.82) is 0 Å². The lowest BCUT2D eigenvalue weighted by Crippen LogP contribution is -2.13. The summed E-state index contributed by atoms with van der Waals surface area (Å²) in [4.78, 5) is 0. The molecule has 3 aromatic heterocycles. The second-order valence-corrected chi connectivity index (χ2v) is 9.06. The number of thiophene rings is 3. The predicted octanol–water partition coefficient (Wildman–Crippen LogP) is 3.63. The zero-order valence-corrected chi connectivity index (χ0v) is 11.7. The summed E-state index contributed by atoms with van der Waals surface area (Å²) in [6, 6.07) is 13.2. The molecule has 3 heterocycles. The molecular weight excluding hydrogens is 271 g/mol. The first-order valence-electron chi connectivity index (χ1n) is 4.86. The second-order valence-electron chi connectivity index (χ2n) is 3.19. The van der Waals surface area contributed by atoms with E-state index in [0.29, 0.717) is 0 Å². The van der Waals surface area contributed by atoms with Crippen molar-refractivity contribution in [3.8, 4) is 0 Å². The SMILES string of the molecule is c1csc(P(c2cccs2)c2cccs2)c1. The van der Waals surface area contributed by atoms with E-state index in [1.807, 2.05) is 34.0 Å². The fourth-order valence-electron chi connectivity index (χ4n) is 1.52. The van der Waals surface area contributed by atoms with E-state index in [4.69, 9.17) is 0 Å². The Morgan fingerprint density at radius 2 is 1.00 bits per heavy atom. The van der Waals surface area contributed by atoms with Gasteiger partial charge in [-0.2, -0.15) is 0 Å². The maximum Gasteiger partial charge on any atom is 0.0385 e. The van der Waals surface area contributed by atoms with Gasteiger partial charge in [-0.3, -0.25) is 0 Å². The van der Waals surface area contributed by atoms with Crippen LogP contribution in [0.1, 0.15) is 0 Å². The standard InChI is InChI=1S/C12H9PS3/c1-4-10(14-7-1)13(11-5-2-8-15-11)12-6-3-9-16-12/h1-9H. The van der Waals surface area contributed by atoms with Crippen LogP contribution in [0.5, 0.6) is 0 Å². The molecule has 0 aromatic carbocycles. The van der Waals surface area contributed by atoms with E-state index in [2.05, 4.69) is 52.5 Å². The van der Waals surface area contributed by atoms with Crippen LogP contribution in [0.15, 0.2) is 52.5 Å². The highest BCUT2D eigenvalue weighted by molar-refractivity contribution is 7.90. The van der Waals surface area contributed by atoms with Gasteiger partial charge in [0.2, 0.25) is 0 Å². The summed E-state index contributed by atoms with van der Waals surface area (Å²) in [5.74, 6) is 0. The zero-order valence-electron chi connectivity index (χ0n) is 8.37. The smallest absolute Gasteiger partial charge is 0.0385 e. The Bertz CT molecular complexity index is 441. The molecule has 16 heavy (non-hydrogen) atoms. The average Bonchev–Trinajstić information content (AvgIpc) is 3.02. The van der Waals surface area contributed by atoms with Gasteiger partial charge in [-0.1, -0.05) is 18.2 Å². The summed E-state index contributed by atoms with van der Waals surface area (Å²) in [6.45, 7) is 0. The first kappa shape index (κ1) is 10.7. The van der Waals surface area contributed by atoms with Crippen molar-refractivity contribution in [3.05, 3.63) is 52.5 Å². The molecule has 80 valence electrons. The van der Waals surface area contributed by atoms with Crippen molar-refractivity contribution in [2.75, 3.05) is 0 Å². The van der Waals surface area contributed by atoms with E-state index in [9.17, 15) is 0 Å². The first-order valence-corrected chi connectivity index (χ1v) is 8.84. The van der Waals surface area contributed by atoms with E-state index >= 15 is 0 Å². The van der Waals surface area contributed by atoms with Crippen LogP contribution in [-0.4, -0.2) is 0 Å². The highest BCUT2D eigenvalue weighted by Gasteiger charge is 2.18. The van der Waals surface area contributed by atoms with E-state index < -0.39 is 0 Å². The van der Waals surface area contributed by atoms with Crippen LogP contribution >= 0.6 is 41.9 Å². The van der Waals surface area contributed by atoms with Crippen molar-refractivity contribution in [2.45, 2.75) is 0 Å². The van der Waals surface area contributed by atoms with Crippen LogP contribution in [0.3, 0.4) is 0 Å². The Morgan fingerprint density at radius 3 is 1.25 bits per heavy atom. The lowest BCUT2D eigenvalue weighted by atomic mass is 10.7. The van der Waals surface area contributed by atoms with Crippen LogP contribution in [0, 0.1) is 0 Å². The van der Waals surface area contributed by atoms with Gasteiger partial charge >= 0.3 is 0 Å². The molecule has 0 fully saturated rings. The summed E-state index contributed by atoms with van der Waals surface area (Å²) in [6.07, 6.45) is 0. The van der Waals surface area contributed by atoms with Gasteiger partial charge in [0.25, 0.3) is 0 Å². The monoisotopic (exact) mass is 280 g/mol. The molecule has 3 aromatic rings. The first-order chi connectivity index (χ1) is 7.95. The Hall–Kier alpha value is -0.470. The van der Waals surface area contributed by atoms with Crippen molar-refractivity contribution >= 4 is 55.8 Å². The molecule has 0 N–H and O–H groups in total. The van der Waals surface area contributed by atoms with Crippen LogP contribution in [-0.2, 0) is 0 Å². The number of hydrogen-bond acceptors (Lipinski definition) is 3. The highest BCUT2D eigenvalue weighted by atomic mass is 32.1. The minimum absolute atomic E-state index is 0.279. The van der Waals surface area contributed by atoms with Crippen LogP contribution < -0.4 is 13.9 Å².